The second-order valence-electron chi connectivity index (χ2n) is 0.845. The minimum atomic E-state index is -3.63. The third-order valence-corrected chi connectivity index (χ3v) is 0.337. The van der Waals surface area contributed by atoms with E-state index in [2.05, 4.69) is 21.8 Å². The highest BCUT2D eigenvalue weighted by atomic mass is 35.5. The van der Waals surface area contributed by atoms with Crippen LogP contribution in [0.1, 0.15) is 0 Å². The van der Waals surface area contributed by atoms with Crippen molar-refractivity contribution in [1.82, 2.24) is 0 Å². The number of oxime groups is 1. The predicted molar refractivity (Wildman–Crippen MR) is 21.5 cm³/mol. The van der Waals surface area contributed by atoms with E-state index in [1.165, 1.54) is 0 Å². The van der Waals surface area contributed by atoms with Gasteiger partial charge >= 0.3 is 5.38 Å². The Labute approximate surface area is 47.8 Å². The first-order chi connectivity index (χ1) is 3.56. The van der Waals surface area contributed by atoms with E-state index in [9.17, 15) is 13.3 Å². The maximum atomic E-state index is 11.3. The highest BCUT2D eigenvalue weighted by Gasteiger charge is 2.21. The third-order valence-electron chi connectivity index (χ3n) is 0.239. The fourth-order valence-electron chi connectivity index (χ4n) is 0.0797. The molecule has 8 heavy (non-hydrogen) atoms. The fourth-order valence-corrected chi connectivity index (χ4v) is 0.120. The first-order valence-corrected chi connectivity index (χ1v) is 1.83. The van der Waals surface area contributed by atoms with E-state index in [1.807, 2.05) is 0 Å². The molecule has 0 atom stereocenters. The van der Waals surface area contributed by atoms with Crippen LogP contribution in [0.2, 0.25) is 0 Å². The van der Waals surface area contributed by atoms with E-state index in [4.69, 9.17) is 0 Å². The molecular weight excluding hydrogens is 146 g/mol. The van der Waals surface area contributed by atoms with Crippen LogP contribution in [-0.4, -0.2) is 11.6 Å². The van der Waals surface area contributed by atoms with Crippen LogP contribution in [0.4, 0.5) is 13.3 Å². The van der Waals surface area contributed by atoms with Crippen molar-refractivity contribution in [3.63, 3.8) is 0 Å². The highest BCUT2D eigenvalue weighted by molar-refractivity contribution is 6.29. The van der Waals surface area contributed by atoms with Gasteiger partial charge in [0.2, 0.25) is 0 Å². The SMILES string of the molecule is FO/N=C/C(F)(F)Cl. The molecule has 0 unspecified atom stereocenters. The lowest BCUT2D eigenvalue weighted by molar-refractivity contribution is -0.131. The summed E-state index contributed by atoms with van der Waals surface area (Å²) in [6.45, 7) is 0. The molecule has 0 heterocycles. The van der Waals surface area contributed by atoms with Crippen LogP contribution in [0.5, 0.6) is 0 Å². The van der Waals surface area contributed by atoms with Crippen LogP contribution in [0.15, 0.2) is 5.16 Å². The van der Waals surface area contributed by atoms with Gasteiger partial charge in [-0.2, -0.15) is 13.8 Å². The van der Waals surface area contributed by atoms with Gasteiger partial charge in [0.1, 0.15) is 6.21 Å². The topological polar surface area (TPSA) is 21.6 Å². The Balaban J connectivity index is 3.52. The van der Waals surface area contributed by atoms with Crippen LogP contribution >= 0.6 is 11.6 Å². The summed E-state index contributed by atoms with van der Waals surface area (Å²) in [5, 5.41) is 0.859. The second-order valence-corrected chi connectivity index (χ2v) is 1.35. The van der Waals surface area contributed by atoms with Gasteiger partial charge in [-0.3, -0.25) is 0 Å². The van der Waals surface area contributed by atoms with Crippen molar-refractivity contribution in [2.24, 2.45) is 5.16 Å². The summed E-state index contributed by atoms with van der Waals surface area (Å²) in [6.07, 6.45) is -0.172. The van der Waals surface area contributed by atoms with Crippen molar-refractivity contribution in [3.05, 3.63) is 0 Å². The first kappa shape index (κ1) is 7.55. The molecule has 0 bridgehead atoms. The molecule has 0 N–H and O–H groups in total. The Bertz CT molecular complexity index is 89.8. The zero-order chi connectivity index (χ0) is 6.62. The Kier molecular flexibility index (Phi) is 2.60. The molecule has 0 aromatic rings. The molecule has 0 radical (unpaired) electrons. The molecule has 0 aromatic carbocycles. The average Bonchev–Trinajstić information content (AvgIpc) is 1.59. The molecule has 6 heteroatoms. The van der Waals surface area contributed by atoms with Gasteiger partial charge in [-0.1, -0.05) is 0 Å². The Morgan fingerprint density at radius 2 is 2.12 bits per heavy atom. The monoisotopic (exact) mass is 147 g/mol. The van der Waals surface area contributed by atoms with Gasteiger partial charge in [-0.15, -0.1) is 0 Å². The summed E-state index contributed by atoms with van der Waals surface area (Å²) < 4.78 is 33.0. The molecule has 0 aliphatic rings. The maximum absolute atomic E-state index is 11.3. The Morgan fingerprint density at radius 3 is 2.25 bits per heavy atom. The first-order valence-electron chi connectivity index (χ1n) is 1.45. The molecule has 0 aromatic heterocycles. The van der Waals surface area contributed by atoms with Gasteiger partial charge in [0.05, 0.1) is 0 Å². The fraction of sp³-hybridized carbons (Fsp3) is 0.500. The zero-order valence-electron chi connectivity index (χ0n) is 3.44. The summed E-state index contributed by atoms with van der Waals surface area (Å²) in [6, 6.07) is 0. The average molecular weight is 147 g/mol. The molecule has 2 nitrogen and oxygen atoms in total. The van der Waals surface area contributed by atoms with E-state index in [-0.39, 0.29) is 6.21 Å². The lowest BCUT2D eigenvalue weighted by Crippen LogP contribution is -2.06. The van der Waals surface area contributed by atoms with Crippen LogP contribution in [0, 0.1) is 0 Å². The lowest BCUT2D eigenvalue weighted by Gasteiger charge is -1.93. The van der Waals surface area contributed by atoms with E-state index in [1.54, 1.807) is 0 Å². The quantitative estimate of drug-likeness (QED) is 0.331. The Hall–Kier alpha value is -0.450. The van der Waals surface area contributed by atoms with Gasteiger partial charge < -0.3 is 0 Å². The van der Waals surface area contributed by atoms with Crippen LogP contribution in [0.25, 0.3) is 0 Å². The number of hydrogen-bond donors (Lipinski definition) is 0. The van der Waals surface area contributed by atoms with E-state index in [0.717, 1.165) is 0 Å². The van der Waals surface area contributed by atoms with Crippen LogP contribution in [0.3, 0.4) is 0 Å². The summed E-state index contributed by atoms with van der Waals surface area (Å²) in [7, 11) is 0. The molecule has 0 aliphatic heterocycles. The third kappa shape index (κ3) is 5.55. The molecule has 0 spiro atoms. The predicted octanol–water partition coefficient (Wildman–Crippen LogP) is 1.70. The zero-order valence-corrected chi connectivity index (χ0v) is 4.20. The molecule has 0 fully saturated rings. The van der Waals surface area contributed by atoms with Crippen molar-refractivity contribution in [2.45, 2.75) is 5.38 Å². The van der Waals surface area contributed by atoms with Gasteiger partial charge in [0, 0.05) is 4.53 Å². The standard InChI is InChI=1S/C2HClF3NO/c3-2(4,5)1-7-8-6/h1H/b7-1+. The van der Waals surface area contributed by atoms with Crippen molar-refractivity contribution >= 4 is 17.8 Å². The number of nitrogens with zero attached hydrogens (tertiary/aromatic N) is 1. The molecular formula is C2HClF3NO. The van der Waals surface area contributed by atoms with Crippen molar-refractivity contribution in [3.8, 4) is 0 Å². The normalized spacial score (nSPS) is 12.5. The summed E-state index contributed by atoms with van der Waals surface area (Å²) in [5.41, 5.74) is 0. The van der Waals surface area contributed by atoms with Crippen molar-refractivity contribution in [1.29, 1.82) is 0 Å². The molecule has 0 amide bonds. The second kappa shape index (κ2) is 2.76. The lowest BCUT2D eigenvalue weighted by atomic mass is 10.8. The van der Waals surface area contributed by atoms with Gasteiger partial charge in [0.15, 0.2) is 0 Å². The highest BCUT2D eigenvalue weighted by Crippen LogP contribution is 2.14. The summed E-state index contributed by atoms with van der Waals surface area (Å²) in [4.78, 5) is 0. The van der Waals surface area contributed by atoms with Gasteiger partial charge in [0.25, 0.3) is 0 Å². The molecule has 0 saturated heterocycles. The molecule has 48 valence electrons. The van der Waals surface area contributed by atoms with Crippen molar-refractivity contribution in [2.75, 3.05) is 0 Å². The van der Waals surface area contributed by atoms with Crippen LogP contribution in [-0.2, 0) is 5.04 Å². The minimum Gasteiger partial charge on any atom is -0.182 e. The minimum absolute atomic E-state index is 0.172. The summed E-state index contributed by atoms with van der Waals surface area (Å²) in [5.74, 6) is 0. The number of hydrogen-bond acceptors (Lipinski definition) is 2. The van der Waals surface area contributed by atoms with Gasteiger partial charge in [-0.25, -0.2) is 0 Å². The number of rotatable bonds is 2. The van der Waals surface area contributed by atoms with E-state index < -0.39 is 5.38 Å². The van der Waals surface area contributed by atoms with E-state index >= 15 is 0 Å². The van der Waals surface area contributed by atoms with Gasteiger partial charge in [-0.05, 0) is 16.8 Å². The largest absolute Gasteiger partial charge is 0.361 e. The van der Waals surface area contributed by atoms with E-state index in [0.29, 0.717) is 0 Å². The maximum Gasteiger partial charge on any atom is 0.361 e. The van der Waals surface area contributed by atoms with Crippen LogP contribution < -0.4 is 0 Å². The molecule has 0 aliphatic carbocycles. The smallest absolute Gasteiger partial charge is 0.182 e. The number of alkyl halides is 3. The Morgan fingerprint density at radius 1 is 1.62 bits per heavy atom. The molecule has 0 saturated carbocycles. The molecule has 0 rings (SSSR count). The number of halogens is 4. The van der Waals surface area contributed by atoms with Crippen molar-refractivity contribution < 1.29 is 18.3 Å². The summed E-state index contributed by atoms with van der Waals surface area (Å²) >= 11 is 4.18.